The first-order valence-electron chi connectivity index (χ1n) is 5.03. The van der Waals surface area contributed by atoms with E-state index in [4.69, 9.17) is 5.11 Å². The van der Waals surface area contributed by atoms with Crippen molar-refractivity contribution in [3.05, 3.63) is 0 Å². The summed E-state index contributed by atoms with van der Waals surface area (Å²) in [4.78, 5) is 12.9. The Bertz CT molecular complexity index is 131. The van der Waals surface area contributed by atoms with Crippen molar-refractivity contribution < 1.29 is 9.90 Å². The molecule has 13 heavy (non-hydrogen) atoms. The number of nitrogens with zero attached hydrogens (tertiary/aromatic N) is 1. The van der Waals surface area contributed by atoms with Gasteiger partial charge in [-0.05, 0) is 32.9 Å². The van der Waals surface area contributed by atoms with Crippen LogP contribution in [0.5, 0.6) is 0 Å². The van der Waals surface area contributed by atoms with Gasteiger partial charge in [0.2, 0.25) is 0 Å². The molecule has 78 valence electrons. The predicted octanol–water partition coefficient (Wildman–Crippen LogP) is 1.06. The van der Waals surface area contributed by atoms with Crippen LogP contribution in [0.1, 0.15) is 33.1 Å². The smallest absolute Gasteiger partial charge is 0.129 e. The standard InChI is InChI=1S/C10H21NO2/c1-3-6-11(8-9-12)7-4-5-10(2)13/h12H,3-9H2,1-2H3. The maximum absolute atomic E-state index is 10.7. The molecule has 0 fully saturated rings. The minimum Gasteiger partial charge on any atom is -0.395 e. The van der Waals surface area contributed by atoms with Gasteiger partial charge in [0.1, 0.15) is 5.78 Å². The van der Waals surface area contributed by atoms with Crippen molar-refractivity contribution in [1.29, 1.82) is 0 Å². The number of hydrogen-bond donors (Lipinski definition) is 1. The van der Waals surface area contributed by atoms with Gasteiger partial charge < -0.3 is 14.8 Å². The fraction of sp³-hybridized carbons (Fsp3) is 0.900. The van der Waals surface area contributed by atoms with E-state index in [2.05, 4.69) is 11.8 Å². The Morgan fingerprint density at radius 2 is 2.00 bits per heavy atom. The minimum absolute atomic E-state index is 0.208. The van der Waals surface area contributed by atoms with Gasteiger partial charge in [0.15, 0.2) is 0 Å². The van der Waals surface area contributed by atoms with E-state index in [1.807, 2.05) is 0 Å². The van der Waals surface area contributed by atoms with Gasteiger partial charge in [-0.15, -0.1) is 0 Å². The Hall–Kier alpha value is -0.410. The topological polar surface area (TPSA) is 40.5 Å². The molecule has 0 aromatic rings. The van der Waals surface area contributed by atoms with Gasteiger partial charge in [-0.2, -0.15) is 0 Å². The van der Waals surface area contributed by atoms with E-state index in [-0.39, 0.29) is 12.4 Å². The molecule has 0 rings (SSSR count). The third-order valence-electron chi connectivity index (χ3n) is 1.96. The maximum atomic E-state index is 10.7. The Kier molecular flexibility index (Phi) is 7.94. The Labute approximate surface area is 80.7 Å². The number of rotatable bonds is 8. The number of aliphatic hydroxyl groups excluding tert-OH is 1. The molecule has 0 heterocycles. The van der Waals surface area contributed by atoms with Crippen molar-refractivity contribution >= 4 is 5.78 Å². The molecule has 0 amide bonds. The molecule has 0 aromatic carbocycles. The quantitative estimate of drug-likeness (QED) is 0.617. The zero-order chi connectivity index (χ0) is 10.1. The number of carbonyl (C=O) groups is 1. The van der Waals surface area contributed by atoms with Crippen molar-refractivity contribution in [2.45, 2.75) is 33.1 Å². The predicted molar refractivity (Wildman–Crippen MR) is 53.7 cm³/mol. The number of aliphatic hydroxyl groups is 1. The molecule has 0 spiro atoms. The molecule has 0 radical (unpaired) electrons. The summed E-state index contributed by atoms with van der Waals surface area (Å²) in [6.45, 7) is 6.61. The molecule has 0 aromatic heterocycles. The van der Waals surface area contributed by atoms with Crippen LogP contribution in [0.4, 0.5) is 0 Å². The lowest BCUT2D eigenvalue weighted by Crippen LogP contribution is -2.29. The van der Waals surface area contributed by atoms with E-state index in [0.29, 0.717) is 6.42 Å². The molecule has 0 aliphatic rings. The van der Waals surface area contributed by atoms with Crippen LogP contribution < -0.4 is 0 Å². The molecule has 0 bridgehead atoms. The van der Waals surface area contributed by atoms with Crippen molar-refractivity contribution in [2.75, 3.05) is 26.2 Å². The van der Waals surface area contributed by atoms with Crippen LogP contribution in [-0.4, -0.2) is 42.0 Å². The number of Topliss-reactive ketones (excluding diaryl/α,β-unsaturated/α-hetero) is 1. The highest BCUT2D eigenvalue weighted by molar-refractivity contribution is 5.75. The first kappa shape index (κ1) is 12.6. The zero-order valence-corrected chi connectivity index (χ0v) is 8.75. The molecule has 3 nitrogen and oxygen atoms in total. The second-order valence-corrected chi connectivity index (χ2v) is 3.37. The highest BCUT2D eigenvalue weighted by Gasteiger charge is 2.02. The normalized spacial score (nSPS) is 10.8. The average molecular weight is 187 g/mol. The van der Waals surface area contributed by atoms with Crippen LogP contribution in [-0.2, 0) is 4.79 Å². The first-order valence-corrected chi connectivity index (χ1v) is 5.03. The van der Waals surface area contributed by atoms with E-state index >= 15 is 0 Å². The van der Waals surface area contributed by atoms with Gasteiger partial charge in [0.25, 0.3) is 0 Å². The summed E-state index contributed by atoms with van der Waals surface area (Å²) in [6.07, 6.45) is 2.67. The van der Waals surface area contributed by atoms with Gasteiger partial charge >= 0.3 is 0 Å². The summed E-state index contributed by atoms with van der Waals surface area (Å²) < 4.78 is 0. The van der Waals surface area contributed by atoms with Gasteiger partial charge in [-0.25, -0.2) is 0 Å². The molecular formula is C10H21NO2. The van der Waals surface area contributed by atoms with Crippen molar-refractivity contribution in [3.8, 4) is 0 Å². The zero-order valence-electron chi connectivity index (χ0n) is 8.75. The van der Waals surface area contributed by atoms with Crippen molar-refractivity contribution in [2.24, 2.45) is 0 Å². The Morgan fingerprint density at radius 1 is 1.31 bits per heavy atom. The molecule has 0 unspecified atom stereocenters. The van der Waals surface area contributed by atoms with Crippen LogP contribution in [0.15, 0.2) is 0 Å². The van der Waals surface area contributed by atoms with Gasteiger partial charge in [0, 0.05) is 13.0 Å². The van der Waals surface area contributed by atoms with E-state index in [1.54, 1.807) is 6.92 Å². The second-order valence-electron chi connectivity index (χ2n) is 3.37. The SMILES string of the molecule is CCCN(CCO)CCCC(C)=O. The molecule has 0 saturated heterocycles. The maximum Gasteiger partial charge on any atom is 0.129 e. The van der Waals surface area contributed by atoms with Gasteiger partial charge in [-0.3, -0.25) is 0 Å². The van der Waals surface area contributed by atoms with Crippen LogP contribution in [0, 0.1) is 0 Å². The lowest BCUT2D eigenvalue weighted by molar-refractivity contribution is -0.117. The average Bonchev–Trinajstić information content (AvgIpc) is 2.04. The third kappa shape index (κ3) is 7.94. The summed E-state index contributed by atoms with van der Waals surface area (Å²) in [6, 6.07) is 0. The second kappa shape index (κ2) is 8.20. The summed E-state index contributed by atoms with van der Waals surface area (Å²) in [5, 5.41) is 8.76. The molecule has 0 saturated carbocycles. The number of hydrogen-bond acceptors (Lipinski definition) is 3. The van der Waals surface area contributed by atoms with Crippen LogP contribution in [0.25, 0.3) is 0 Å². The van der Waals surface area contributed by atoms with Gasteiger partial charge in [0.05, 0.1) is 6.61 Å². The monoisotopic (exact) mass is 187 g/mol. The van der Waals surface area contributed by atoms with E-state index < -0.39 is 0 Å². The molecule has 0 aliphatic carbocycles. The summed E-state index contributed by atoms with van der Waals surface area (Å²) in [5.74, 6) is 0.250. The van der Waals surface area contributed by atoms with Crippen LogP contribution >= 0.6 is 0 Å². The lowest BCUT2D eigenvalue weighted by atomic mass is 10.2. The summed E-state index contributed by atoms with van der Waals surface area (Å²) in [7, 11) is 0. The van der Waals surface area contributed by atoms with E-state index in [1.165, 1.54) is 0 Å². The molecular weight excluding hydrogens is 166 g/mol. The summed E-state index contributed by atoms with van der Waals surface area (Å²) in [5.41, 5.74) is 0. The number of ketones is 1. The van der Waals surface area contributed by atoms with Crippen LogP contribution in [0.2, 0.25) is 0 Å². The highest BCUT2D eigenvalue weighted by Crippen LogP contribution is 1.97. The molecule has 3 heteroatoms. The fourth-order valence-corrected chi connectivity index (χ4v) is 1.34. The van der Waals surface area contributed by atoms with E-state index in [9.17, 15) is 4.79 Å². The fourth-order valence-electron chi connectivity index (χ4n) is 1.34. The minimum atomic E-state index is 0.208. The molecule has 1 N–H and O–H groups in total. The van der Waals surface area contributed by atoms with E-state index in [0.717, 1.165) is 32.5 Å². The largest absolute Gasteiger partial charge is 0.395 e. The summed E-state index contributed by atoms with van der Waals surface area (Å²) >= 11 is 0. The van der Waals surface area contributed by atoms with Gasteiger partial charge in [-0.1, -0.05) is 6.92 Å². The number of carbonyl (C=O) groups excluding carboxylic acids is 1. The van der Waals surface area contributed by atoms with Crippen molar-refractivity contribution in [3.63, 3.8) is 0 Å². The highest BCUT2D eigenvalue weighted by atomic mass is 16.3. The first-order chi connectivity index (χ1) is 6.20. The Balaban J connectivity index is 3.49. The lowest BCUT2D eigenvalue weighted by Gasteiger charge is -2.19. The van der Waals surface area contributed by atoms with Crippen molar-refractivity contribution in [1.82, 2.24) is 4.90 Å². The molecule has 0 atom stereocenters. The Morgan fingerprint density at radius 3 is 2.46 bits per heavy atom. The van der Waals surface area contributed by atoms with Crippen LogP contribution in [0.3, 0.4) is 0 Å². The third-order valence-corrected chi connectivity index (χ3v) is 1.96. The molecule has 0 aliphatic heterocycles.